The number of nitrogens with one attached hydrogen (secondary N) is 1. The van der Waals surface area contributed by atoms with Crippen molar-refractivity contribution in [2.45, 2.75) is 6.54 Å². The van der Waals surface area contributed by atoms with E-state index >= 15 is 0 Å². The number of carbonyl (C=O) groups is 1. The lowest BCUT2D eigenvalue weighted by molar-refractivity contribution is -0.384. The summed E-state index contributed by atoms with van der Waals surface area (Å²) in [6.07, 6.45) is 3.23. The molecule has 0 unspecified atom stereocenters. The molecule has 0 radical (unpaired) electrons. The Labute approximate surface area is 119 Å². The number of halogens is 1. The van der Waals surface area contributed by atoms with Crippen LogP contribution in [0.2, 0.25) is 5.02 Å². The van der Waals surface area contributed by atoms with Gasteiger partial charge in [-0.25, -0.2) is 0 Å². The maximum absolute atomic E-state index is 12.0. The third-order valence-electron chi connectivity index (χ3n) is 2.62. The van der Waals surface area contributed by atoms with Gasteiger partial charge in [0, 0.05) is 25.0 Å². The largest absolute Gasteiger partial charge is 0.348 e. The number of nitrogens with zero attached hydrogens (tertiary/aromatic N) is 2. The summed E-state index contributed by atoms with van der Waals surface area (Å²) in [6, 6.07) is 7.63. The normalized spacial score (nSPS) is 10.1. The first-order chi connectivity index (χ1) is 9.59. The van der Waals surface area contributed by atoms with E-state index in [0.717, 1.165) is 5.56 Å². The number of nitro benzene ring substituents is 1. The second-order valence-corrected chi connectivity index (χ2v) is 4.31. The third-order valence-corrected chi connectivity index (χ3v) is 3.02. The number of rotatable bonds is 4. The Kier molecular flexibility index (Phi) is 4.27. The molecule has 102 valence electrons. The minimum Gasteiger partial charge on any atom is -0.348 e. The number of amides is 1. The molecule has 0 atom stereocenters. The molecule has 0 spiro atoms. The highest BCUT2D eigenvalue weighted by Gasteiger charge is 2.19. The van der Waals surface area contributed by atoms with Crippen LogP contribution in [0.25, 0.3) is 0 Å². The van der Waals surface area contributed by atoms with E-state index in [1.54, 1.807) is 24.5 Å². The van der Waals surface area contributed by atoms with E-state index in [1.165, 1.54) is 18.2 Å². The molecule has 1 heterocycles. The first kappa shape index (κ1) is 14.0. The zero-order chi connectivity index (χ0) is 14.5. The lowest BCUT2D eigenvalue weighted by Crippen LogP contribution is -2.23. The van der Waals surface area contributed by atoms with E-state index in [-0.39, 0.29) is 16.3 Å². The molecule has 6 nitrogen and oxygen atoms in total. The molecule has 0 aliphatic carbocycles. The molecule has 20 heavy (non-hydrogen) atoms. The molecule has 1 N–H and O–H groups in total. The van der Waals surface area contributed by atoms with E-state index in [9.17, 15) is 14.9 Å². The summed E-state index contributed by atoms with van der Waals surface area (Å²) in [5.74, 6) is -0.462. The summed E-state index contributed by atoms with van der Waals surface area (Å²) in [4.78, 5) is 26.0. The van der Waals surface area contributed by atoms with Gasteiger partial charge in [0.05, 0.1) is 10.5 Å². The average molecular weight is 292 g/mol. The van der Waals surface area contributed by atoms with E-state index in [2.05, 4.69) is 10.3 Å². The SMILES string of the molecule is O=C(NCc1ccncc1)c1cccc([N+](=O)[O-])c1Cl. The molecule has 0 aliphatic rings. The van der Waals surface area contributed by atoms with Gasteiger partial charge in [0.15, 0.2) is 0 Å². The fourth-order valence-corrected chi connectivity index (χ4v) is 1.90. The number of hydrogen-bond donors (Lipinski definition) is 1. The summed E-state index contributed by atoms with van der Waals surface area (Å²) in [7, 11) is 0. The standard InChI is InChI=1S/C13H10ClN3O3/c14-12-10(2-1-3-11(12)17(19)20)13(18)16-8-9-4-6-15-7-5-9/h1-7H,8H2,(H,16,18). The molecule has 2 rings (SSSR count). The number of aromatic nitrogens is 1. The highest BCUT2D eigenvalue weighted by molar-refractivity contribution is 6.35. The van der Waals surface area contributed by atoms with Crippen molar-refractivity contribution in [3.8, 4) is 0 Å². The van der Waals surface area contributed by atoms with Crippen molar-refractivity contribution in [2.75, 3.05) is 0 Å². The number of carbonyl (C=O) groups excluding carboxylic acids is 1. The second-order valence-electron chi connectivity index (χ2n) is 3.93. The average Bonchev–Trinajstić information content (AvgIpc) is 2.46. The smallest absolute Gasteiger partial charge is 0.288 e. The predicted octanol–water partition coefficient (Wildman–Crippen LogP) is 2.57. The van der Waals surface area contributed by atoms with E-state index in [0.29, 0.717) is 6.54 Å². The lowest BCUT2D eigenvalue weighted by atomic mass is 10.2. The first-order valence-corrected chi connectivity index (χ1v) is 6.07. The Morgan fingerprint density at radius 3 is 2.65 bits per heavy atom. The van der Waals surface area contributed by atoms with Crippen LogP contribution in [-0.4, -0.2) is 15.8 Å². The van der Waals surface area contributed by atoms with Crippen molar-refractivity contribution >= 4 is 23.2 Å². The first-order valence-electron chi connectivity index (χ1n) is 5.69. The fourth-order valence-electron chi connectivity index (χ4n) is 1.61. The molecule has 0 fully saturated rings. The minimum atomic E-state index is -0.623. The molecule has 1 aromatic heterocycles. The quantitative estimate of drug-likeness (QED) is 0.693. The van der Waals surface area contributed by atoms with E-state index < -0.39 is 10.8 Å². The topological polar surface area (TPSA) is 85.1 Å². The Balaban J connectivity index is 2.14. The van der Waals surface area contributed by atoms with Crippen molar-refractivity contribution in [3.05, 3.63) is 69.0 Å². The van der Waals surface area contributed by atoms with Gasteiger partial charge < -0.3 is 5.32 Å². The molecule has 7 heteroatoms. The maximum Gasteiger partial charge on any atom is 0.288 e. The highest BCUT2D eigenvalue weighted by Crippen LogP contribution is 2.27. The van der Waals surface area contributed by atoms with Crippen LogP contribution in [0.15, 0.2) is 42.7 Å². The zero-order valence-electron chi connectivity index (χ0n) is 10.2. The van der Waals surface area contributed by atoms with Gasteiger partial charge in [0.2, 0.25) is 0 Å². The number of benzene rings is 1. The van der Waals surface area contributed by atoms with Gasteiger partial charge >= 0.3 is 0 Å². The summed E-state index contributed by atoms with van der Waals surface area (Å²) < 4.78 is 0. The van der Waals surface area contributed by atoms with E-state index in [1.807, 2.05) is 0 Å². The van der Waals surface area contributed by atoms with Crippen molar-refractivity contribution in [2.24, 2.45) is 0 Å². The van der Waals surface area contributed by atoms with Crippen molar-refractivity contribution in [1.82, 2.24) is 10.3 Å². The van der Waals surface area contributed by atoms with Crippen LogP contribution in [0.3, 0.4) is 0 Å². The van der Waals surface area contributed by atoms with Gasteiger partial charge in [-0.1, -0.05) is 17.7 Å². The summed E-state index contributed by atoms with van der Waals surface area (Å²) in [5.41, 5.74) is 0.660. The van der Waals surface area contributed by atoms with Gasteiger partial charge in [-0.3, -0.25) is 19.9 Å². The van der Waals surface area contributed by atoms with Gasteiger partial charge in [0.1, 0.15) is 5.02 Å². The summed E-state index contributed by atoms with van der Waals surface area (Å²) >= 11 is 5.87. The fraction of sp³-hybridized carbons (Fsp3) is 0.0769. The van der Waals surface area contributed by atoms with Gasteiger partial charge in [-0.05, 0) is 23.8 Å². The maximum atomic E-state index is 12.0. The predicted molar refractivity (Wildman–Crippen MR) is 73.5 cm³/mol. The van der Waals surface area contributed by atoms with Crippen LogP contribution in [0.4, 0.5) is 5.69 Å². The molecular formula is C13H10ClN3O3. The molecular weight excluding hydrogens is 282 g/mol. The van der Waals surface area contributed by atoms with Gasteiger partial charge in [0.25, 0.3) is 11.6 Å². The third kappa shape index (κ3) is 3.10. The highest BCUT2D eigenvalue weighted by atomic mass is 35.5. The van der Waals surface area contributed by atoms with Crippen LogP contribution in [0.1, 0.15) is 15.9 Å². The van der Waals surface area contributed by atoms with E-state index in [4.69, 9.17) is 11.6 Å². The van der Waals surface area contributed by atoms with Gasteiger partial charge in [-0.2, -0.15) is 0 Å². The van der Waals surface area contributed by atoms with Crippen LogP contribution in [-0.2, 0) is 6.54 Å². The van der Waals surface area contributed by atoms with Crippen molar-refractivity contribution in [3.63, 3.8) is 0 Å². The van der Waals surface area contributed by atoms with Crippen LogP contribution >= 0.6 is 11.6 Å². The minimum absolute atomic E-state index is 0.0786. The second kappa shape index (κ2) is 6.12. The van der Waals surface area contributed by atoms with Gasteiger partial charge in [-0.15, -0.1) is 0 Å². The molecule has 0 saturated heterocycles. The number of nitro groups is 1. The van der Waals surface area contributed by atoms with Crippen LogP contribution in [0, 0.1) is 10.1 Å². The molecule has 0 aliphatic heterocycles. The zero-order valence-corrected chi connectivity index (χ0v) is 11.0. The number of hydrogen-bond acceptors (Lipinski definition) is 4. The van der Waals surface area contributed by atoms with Crippen molar-refractivity contribution < 1.29 is 9.72 Å². The molecule has 0 saturated carbocycles. The molecule has 1 aromatic carbocycles. The van der Waals surface area contributed by atoms with Crippen molar-refractivity contribution in [1.29, 1.82) is 0 Å². The Hall–Kier alpha value is -2.47. The monoisotopic (exact) mass is 291 g/mol. The Morgan fingerprint density at radius 1 is 1.30 bits per heavy atom. The Morgan fingerprint density at radius 2 is 2.00 bits per heavy atom. The molecule has 1 amide bonds. The Bertz CT molecular complexity index is 647. The lowest BCUT2D eigenvalue weighted by Gasteiger charge is -2.06. The van der Waals surface area contributed by atoms with Crippen LogP contribution < -0.4 is 5.32 Å². The summed E-state index contributed by atoms with van der Waals surface area (Å²) in [5, 5.41) is 13.2. The summed E-state index contributed by atoms with van der Waals surface area (Å²) in [6.45, 7) is 0.292. The van der Waals surface area contributed by atoms with Crippen LogP contribution in [0.5, 0.6) is 0 Å². The number of pyridine rings is 1. The molecule has 2 aromatic rings. The molecule has 0 bridgehead atoms.